The Morgan fingerprint density at radius 2 is 1.88 bits per heavy atom. The molecule has 174 valence electrons. The van der Waals surface area contributed by atoms with Gasteiger partial charge in [0, 0.05) is 25.4 Å². The molecule has 2 aromatic rings. The number of sulfonamides is 1. The van der Waals surface area contributed by atoms with Crippen LogP contribution >= 0.6 is 11.6 Å². The van der Waals surface area contributed by atoms with Crippen LogP contribution in [0.15, 0.2) is 63.6 Å². The number of rotatable bonds is 5. The monoisotopic (exact) mass is 490 g/mol. The maximum Gasteiger partial charge on any atom is 0.343 e. The van der Waals surface area contributed by atoms with Crippen molar-refractivity contribution in [2.45, 2.75) is 18.7 Å². The number of amides is 1. The Morgan fingerprint density at radius 3 is 2.55 bits per heavy atom. The molecule has 0 saturated heterocycles. The highest BCUT2D eigenvalue weighted by Crippen LogP contribution is 2.30. The van der Waals surface area contributed by atoms with E-state index in [0.717, 1.165) is 4.31 Å². The van der Waals surface area contributed by atoms with Crippen molar-refractivity contribution in [3.8, 4) is 0 Å². The van der Waals surface area contributed by atoms with E-state index in [2.05, 4.69) is 15.6 Å². The zero-order chi connectivity index (χ0) is 24.3. The average molecular weight is 491 g/mol. The number of nitrogens with zero attached hydrogens (tertiary/aromatic N) is 2. The summed E-state index contributed by atoms with van der Waals surface area (Å²) in [5.74, 6) is -1.36. The van der Waals surface area contributed by atoms with Gasteiger partial charge >= 0.3 is 5.97 Å². The minimum Gasteiger partial charge on any atom is -0.462 e. The number of nitrogens with one attached hydrogen (secondary N) is 2. The van der Waals surface area contributed by atoms with E-state index < -0.39 is 21.9 Å². The summed E-state index contributed by atoms with van der Waals surface area (Å²) in [4.78, 5) is 30.0. The number of carbonyl (C=O) groups excluding carboxylic acids is 2. The molecule has 2 N–H and O–H groups in total. The van der Waals surface area contributed by atoms with Crippen LogP contribution in [0.4, 0.5) is 11.4 Å². The van der Waals surface area contributed by atoms with E-state index in [1.54, 1.807) is 32.0 Å². The fourth-order valence-corrected chi connectivity index (χ4v) is 4.45. The summed E-state index contributed by atoms with van der Waals surface area (Å²) in [6.07, 6.45) is 0. The van der Waals surface area contributed by atoms with Crippen LogP contribution in [0.25, 0.3) is 0 Å². The van der Waals surface area contributed by atoms with E-state index in [9.17, 15) is 18.0 Å². The van der Waals surface area contributed by atoms with Gasteiger partial charge < -0.3 is 15.4 Å². The van der Waals surface area contributed by atoms with Crippen molar-refractivity contribution in [3.05, 3.63) is 64.3 Å². The molecule has 1 amide bonds. The molecule has 11 heteroatoms. The highest BCUT2D eigenvalue weighted by molar-refractivity contribution is 7.89. The van der Waals surface area contributed by atoms with Crippen LogP contribution < -0.4 is 10.6 Å². The lowest BCUT2D eigenvalue weighted by atomic mass is 10.1. The van der Waals surface area contributed by atoms with E-state index >= 15 is 0 Å². The van der Waals surface area contributed by atoms with Gasteiger partial charge in [0.1, 0.15) is 16.3 Å². The van der Waals surface area contributed by atoms with E-state index in [-0.39, 0.29) is 33.5 Å². The topological polar surface area (TPSA) is 117 Å². The minimum atomic E-state index is -3.89. The Bertz CT molecular complexity index is 1290. The van der Waals surface area contributed by atoms with Crippen molar-refractivity contribution in [1.29, 1.82) is 0 Å². The second kappa shape index (κ2) is 9.74. The number of ether oxygens (including phenoxy) is 1. The molecule has 0 fully saturated rings. The van der Waals surface area contributed by atoms with Crippen LogP contribution in [-0.4, -0.2) is 51.1 Å². The van der Waals surface area contributed by atoms with Crippen molar-refractivity contribution < 1.29 is 22.7 Å². The van der Waals surface area contributed by atoms with Gasteiger partial charge in [-0.05, 0) is 44.2 Å². The Morgan fingerprint density at radius 1 is 1.18 bits per heavy atom. The molecule has 1 heterocycles. The van der Waals surface area contributed by atoms with Crippen LogP contribution in [0.2, 0.25) is 5.02 Å². The predicted molar refractivity (Wildman–Crippen MR) is 126 cm³/mol. The molecule has 33 heavy (non-hydrogen) atoms. The molecule has 0 saturated carbocycles. The summed E-state index contributed by atoms with van der Waals surface area (Å²) in [5, 5.41) is 5.72. The quantitative estimate of drug-likeness (QED) is 0.621. The summed E-state index contributed by atoms with van der Waals surface area (Å²) in [7, 11) is -1.16. The standard InChI is InChI=1S/C22H23ClN4O5S/c1-5-32-22(29)19-13(2)24-16-8-6-7-9-17(16)25-20(19)26-21(28)14-10-11-15(23)18(12-14)33(30,31)27(3)4/h6-12,24H,5H2,1-4H3,(H,25,26,28). The number of fused-ring (bicyclic) bond motifs is 1. The number of aliphatic imine (C=N–C) groups is 1. The van der Waals surface area contributed by atoms with E-state index in [0.29, 0.717) is 17.1 Å². The Labute approximate surface area is 197 Å². The first-order chi connectivity index (χ1) is 15.6. The maximum atomic E-state index is 13.1. The lowest BCUT2D eigenvalue weighted by Crippen LogP contribution is -2.35. The zero-order valence-corrected chi connectivity index (χ0v) is 20.0. The Kier molecular flexibility index (Phi) is 7.21. The SMILES string of the molecule is CCOC(=O)C1=C(C)Nc2ccccc2N=C1NC(=O)c1ccc(Cl)c(S(=O)(=O)N(C)C)c1. The van der Waals surface area contributed by atoms with Gasteiger partial charge in [0.05, 0.1) is 23.0 Å². The third-order valence-corrected chi connectivity index (χ3v) is 7.03. The lowest BCUT2D eigenvalue weighted by Gasteiger charge is -2.15. The van der Waals surface area contributed by atoms with Gasteiger partial charge in [-0.15, -0.1) is 0 Å². The third-order valence-electron chi connectivity index (χ3n) is 4.73. The Hall–Kier alpha value is -3.21. The predicted octanol–water partition coefficient (Wildman–Crippen LogP) is 3.31. The van der Waals surface area contributed by atoms with Gasteiger partial charge in [-0.1, -0.05) is 23.7 Å². The fourth-order valence-electron chi connectivity index (χ4n) is 3.06. The molecule has 0 radical (unpaired) electrons. The van der Waals surface area contributed by atoms with E-state index in [1.165, 1.54) is 32.3 Å². The summed E-state index contributed by atoms with van der Waals surface area (Å²) < 4.78 is 31.3. The molecule has 0 spiro atoms. The number of carbonyl (C=O) groups is 2. The van der Waals surface area contributed by atoms with E-state index in [4.69, 9.17) is 16.3 Å². The fraction of sp³-hybridized carbons (Fsp3) is 0.227. The van der Waals surface area contributed by atoms with Crippen LogP contribution in [0.5, 0.6) is 0 Å². The summed E-state index contributed by atoms with van der Waals surface area (Å²) in [6.45, 7) is 3.47. The van der Waals surface area contributed by atoms with Gasteiger partial charge in [0.15, 0.2) is 0 Å². The molecular weight excluding hydrogens is 468 g/mol. The first-order valence-corrected chi connectivity index (χ1v) is 11.7. The number of esters is 1. The largest absolute Gasteiger partial charge is 0.462 e. The number of anilines is 1. The molecule has 3 rings (SSSR count). The van der Waals surface area contributed by atoms with Crippen molar-refractivity contribution in [1.82, 2.24) is 9.62 Å². The van der Waals surface area contributed by atoms with Crippen molar-refractivity contribution in [2.75, 3.05) is 26.0 Å². The average Bonchev–Trinajstić information content (AvgIpc) is 2.88. The number of benzene rings is 2. The summed E-state index contributed by atoms with van der Waals surface area (Å²) in [6, 6.07) is 11.0. The number of para-hydroxylation sites is 2. The molecule has 1 aliphatic rings. The lowest BCUT2D eigenvalue weighted by molar-refractivity contribution is -0.137. The molecule has 9 nitrogen and oxygen atoms in total. The van der Waals surface area contributed by atoms with Crippen LogP contribution in [0, 0.1) is 0 Å². The molecule has 0 aliphatic carbocycles. The van der Waals surface area contributed by atoms with E-state index in [1.807, 2.05) is 6.07 Å². The van der Waals surface area contributed by atoms with Crippen LogP contribution in [0.1, 0.15) is 24.2 Å². The molecule has 1 aliphatic heterocycles. The smallest absolute Gasteiger partial charge is 0.343 e. The van der Waals surface area contributed by atoms with Crippen molar-refractivity contribution in [3.63, 3.8) is 0 Å². The first kappa shape index (κ1) is 24.4. The molecule has 0 bridgehead atoms. The van der Waals surface area contributed by atoms with Crippen molar-refractivity contribution in [2.24, 2.45) is 4.99 Å². The van der Waals surface area contributed by atoms with Gasteiger partial charge in [0.25, 0.3) is 5.91 Å². The normalized spacial score (nSPS) is 13.6. The first-order valence-electron chi connectivity index (χ1n) is 9.92. The maximum absolute atomic E-state index is 13.1. The number of hydrogen-bond acceptors (Lipinski definition) is 7. The van der Waals surface area contributed by atoms with Gasteiger partial charge in [0.2, 0.25) is 10.0 Å². The van der Waals surface area contributed by atoms with Gasteiger partial charge in [-0.3, -0.25) is 4.79 Å². The Balaban J connectivity index is 2.06. The highest BCUT2D eigenvalue weighted by atomic mass is 35.5. The number of halogens is 1. The third kappa shape index (κ3) is 5.08. The van der Waals surface area contributed by atoms with Crippen LogP contribution in [-0.2, 0) is 19.6 Å². The van der Waals surface area contributed by atoms with Gasteiger partial charge in [-0.2, -0.15) is 0 Å². The zero-order valence-electron chi connectivity index (χ0n) is 18.5. The second-order valence-electron chi connectivity index (χ2n) is 7.21. The number of amidine groups is 1. The molecule has 0 atom stereocenters. The molecule has 0 aromatic heterocycles. The number of allylic oxidation sites excluding steroid dienone is 1. The summed E-state index contributed by atoms with van der Waals surface area (Å²) >= 11 is 6.08. The van der Waals surface area contributed by atoms with Crippen LogP contribution in [0.3, 0.4) is 0 Å². The highest BCUT2D eigenvalue weighted by Gasteiger charge is 2.27. The molecular formula is C22H23ClN4O5S. The van der Waals surface area contributed by atoms with Gasteiger partial charge in [-0.25, -0.2) is 22.5 Å². The minimum absolute atomic E-state index is 0.0202. The van der Waals surface area contributed by atoms with Crippen molar-refractivity contribution >= 4 is 50.7 Å². The molecule has 0 unspecified atom stereocenters. The number of hydrogen-bond donors (Lipinski definition) is 2. The summed E-state index contributed by atoms with van der Waals surface area (Å²) in [5.41, 5.74) is 1.65. The molecule has 2 aromatic carbocycles. The second-order valence-corrected chi connectivity index (χ2v) is 9.74.